The minimum Gasteiger partial charge on any atom is -0.460 e. The molecule has 10 heteroatoms. The molecule has 0 spiro atoms. The highest BCUT2D eigenvalue weighted by atomic mass is 19.4. The molecule has 0 fully saturated rings. The van der Waals surface area contributed by atoms with Crippen LogP contribution in [0.3, 0.4) is 0 Å². The minimum absolute atomic E-state index is 0.0349. The number of halogens is 3. The van der Waals surface area contributed by atoms with Crippen molar-refractivity contribution >= 4 is 28.4 Å². The number of furan rings is 1. The van der Waals surface area contributed by atoms with E-state index in [-0.39, 0.29) is 22.9 Å². The lowest BCUT2D eigenvalue weighted by molar-refractivity contribution is -0.0935. The van der Waals surface area contributed by atoms with Crippen LogP contribution in [0.5, 0.6) is 0 Å². The van der Waals surface area contributed by atoms with E-state index in [1.165, 1.54) is 25.3 Å². The maximum absolute atomic E-state index is 13.6. The lowest BCUT2D eigenvalue weighted by Gasteiger charge is -2.26. The number of aromatic nitrogens is 1. The van der Waals surface area contributed by atoms with Gasteiger partial charge in [-0.1, -0.05) is 18.2 Å². The third kappa shape index (κ3) is 3.94. The predicted molar refractivity (Wildman–Crippen MR) is 112 cm³/mol. The van der Waals surface area contributed by atoms with E-state index >= 15 is 0 Å². The third-order valence-corrected chi connectivity index (χ3v) is 5.20. The lowest BCUT2D eigenvalue weighted by atomic mass is 9.79. The van der Waals surface area contributed by atoms with Crippen molar-refractivity contribution in [2.24, 2.45) is 10.9 Å². The number of carbonyl (C=O) groups excluding carboxylic acids is 1. The smallest absolute Gasteiger partial charge is 0.434 e. The Morgan fingerprint density at radius 2 is 1.91 bits per heavy atom. The van der Waals surface area contributed by atoms with Gasteiger partial charge in [-0.15, -0.1) is 0 Å². The zero-order chi connectivity index (χ0) is 23.8. The molecule has 3 heterocycles. The maximum atomic E-state index is 13.6. The topological polar surface area (TPSA) is 115 Å². The van der Waals surface area contributed by atoms with Gasteiger partial charge < -0.3 is 9.73 Å². The van der Waals surface area contributed by atoms with Gasteiger partial charge in [-0.05, 0) is 31.2 Å². The fourth-order valence-corrected chi connectivity index (χ4v) is 3.68. The predicted octanol–water partition coefficient (Wildman–Crippen LogP) is 5.12. The number of carbonyl (C=O) groups is 1. The monoisotopic (exact) mass is 449 g/mol. The second kappa shape index (κ2) is 8.24. The average molecular weight is 449 g/mol. The van der Waals surface area contributed by atoms with Gasteiger partial charge in [0.25, 0.3) is 5.91 Å². The van der Waals surface area contributed by atoms with Crippen molar-refractivity contribution in [2.45, 2.75) is 19.0 Å². The van der Waals surface area contributed by atoms with Gasteiger partial charge in [0.05, 0.1) is 34.9 Å². The summed E-state index contributed by atoms with van der Waals surface area (Å²) in [4.78, 5) is 20.2. The number of anilines is 1. The average Bonchev–Trinajstić information content (AvgIpc) is 3.23. The highest BCUT2D eigenvalue weighted by Crippen LogP contribution is 2.44. The fourth-order valence-electron chi connectivity index (χ4n) is 3.68. The molecule has 7 nitrogen and oxygen atoms in total. The van der Waals surface area contributed by atoms with Crippen LogP contribution in [0.25, 0.3) is 11.0 Å². The number of nitriles is 2. The molecule has 1 amide bonds. The maximum Gasteiger partial charge on any atom is 0.434 e. The van der Waals surface area contributed by atoms with Crippen molar-refractivity contribution in [1.29, 1.82) is 10.5 Å². The molecule has 2 unspecified atom stereocenters. The van der Waals surface area contributed by atoms with Crippen LogP contribution in [0.15, 0.2) is 69.3 Å². The number of nitrogens with zero attached hydrogens (tertiary/aromatic N) is 4. The number of alkyl halides is 3. The molecular formula is C23H14F3N5O2. The number of benzene rings is 1. The van der Waals surface area contributed by atoms with Crippen LogP contribution in [-0.4, -0.2) is 22.8 Å². The molecule has 164 valence electrons. The first-order chi connectivity index (χ1) is 15.7. The highest BCUT2D eigenvalue weighted by molar-refractivity contribution is 6.07. The van der Waals surface area contributed by atoms with Crippen molar-refractivity contribution < 1.29 is 22.4 Å². The molecule has 1 aliphatic rings. The first kappa shape index (κ1) is 21.8. The van der Waals surface area contributed by atoms with E-state index in [0.29, 0.717) is 10.9 Å². The van der Waals surface area contributed by atoms with E-state index < -0.39 is 35.2 Å². The molecule has 2 aromatic heterocycles. The molecule has 0 saturated carbocycles. The molecule has 0 radical (unpaired) electrons. The van der Waals surface area contributed by atoms with Crippen molar-refractivity contribution in [3.05, 3.63) is 71.3 Å². The summed E-state index contributed by atoms with van der Waals surface area (Å²) in [5.74, 6) is -2.80. The standard InChI is InChI=1S/C23H14F3N5O2/c1-12-15(10-27)19(16(11-28)20(30-12)23(24,25)26)18-9-14-17(33-18)7-8-29-21(14)31-22(32)13-5-3-2-4-6-13/h2-9,15,19H,1H3,(H,29,31,32). The second-order valence-corrected chi connectivity index (χ2v) is 7.25. The van der Waals surface area contributed by atoms with E-state index in [1.807, 2.05) is 6.07 Å². The van der Waals surface area contributed by atoms with Gasteiger partial charge >= 0.3 is 6.18 Å². The quantitative estimate of drug-likeness (QED) is 0.596. The van der Waals surface area contributed by atoms with Gasteiger partial charge in [0, 0.05) is 17.5 Å². The first-order valence-corrected chi connectivity index (χ1v) is 9.65. The van der Waals surface area contributed by atoms with Crippen molar-refractivity contribution in [2.75, 3.05) is 5.32 Å². The largest absolute Gasteiger partial charge is 0.460 e. The zero-order valence-electron chi connectivity index (χ0n) is 17.0. The SMILES string of the molecule is CC1=NC(C(F)(F)F)=C(C#N)C(c2cc3c(NC(=O)c4ccccc4)nccc3o2)C1C#N. The Morgan fingerprint density at radius 1 is 1.18 bits per heavy atom. The summed E-state index contributed by atoms with van der Waals surface area (Å²) in [6.45, 7) is 1.30. The van der Waals surface area contributed by atoms with E-state index in [0.717, 1.165) is 0 Å². The molecule has 0 saturated heterocycles. The molecule has 33 heavy (non-hydrogen) atoms. The van der Waals surface area contributed by atoms with Crippen molar-refractivity contribution in [1.82, 2.24) is 4.98 Å². The normalized spacial score (nSPS) is 18.4. The molecule has 1 N–H and O–H groups in total. The Balaban J connectivity index is 1.81. The summed E-state index contributed by atoms with van der Waals surface area (Å²) in [5.41, 5.74) is -1.53. The van der Waals surface area contributed by atoms with Gasteiger partial charge in [-0.25, -0.2) is 4.98 Å². The number of rotatable bonds is 3. The van der Waals surface area contributed by atoms with Crippen LogP contribution in [-0.2, 0) is 0 Å². The minimum atomic E-state index is -4.88. The molecule has 3 aromatic rings. The van der Waals surface area contributed by atoms with Crippen LogP contribution < -0.4 is 5.32 Å². The summed E-state index contributed by atoms with van der Waals surface area (Å²) in [6.07, 6.45) is -3.51. The summed E-state index contributed by atoms with van der Waals surface area (Å²) >= 11 is 0. The zero-order valence-corrected chi connectivity index (χ0v) is 17.0. The molecule has 4 rings (SSSR count). The van der Waals surface area contributed by atoms with E-state index in [4.69, 9.17) is 4.42 Å². The summed E-state index contributed by atoms with van der Waals surface area (Å²) in [6, 6.07) is 14.7. The van der Waals surface area contributed by atoms with E-state index in [2.05, 4.69) is 15.3 Å². The first-order valence-electron chi connectivity index (χ1n) is 9.65. The van der Waals surface area contributed by atoms with Gasteiger partial charge in [0.15, 0.2) is 5.70 Å². The van der Waals surface area contributed by atoms with Crippen LogP contribution in [0.4, 0.5) is 19.0 Å². The van der Waals surface area contributed by atoms with Crippen LogP contribution in [0.2, 0.25) is 0 Å². The Labute approximate surface area is 185 Å². The molecule has 1 aromatic carbocycles. The number of aliphatic imine (C=N–C) groups is 1. The number of fused-ring (bicyclic) bond motifs is 1. The molecule has 0 bridgehead atoms. The number of hydrogen-bond donors (Lipinski definition) is 1. The number of pyridine rings is 1. The van der Waals surface area contributed by atoms with Gasteiger partial charge in [0.2, 0.25) is 0 Å². The summed E-state index contributed by atoms with van der Waals surface area (Å²) in [5, 5.41) is 22.1. The molecule has 2 atom stereocenters. The molecular weight excluding hydrogens is 435 g/mol. The van der Waals surface area contributed by atoms with E-state index in [1.54, 1.807) is 36.4 Å². The highest BCUT2D eigenvalue weighted by Gasteiger charge is 2.46. The number of amides is 1. The fraction of sp³-hybridized carbons (Fsp3) is 0.174. The lowest BCUT2D eigenvalue weighted by Crippen LogP contribution is -2.29. The number of allylic oxidation sites excluding steroid dienone is 2. The summed E-state index contributed by atoms with van der Waals surface area (Å²) < 4.78 is 46.4. The third-order valence-electron chi connectivity index (χ3n) is 5.20. The van der Waals surface area contributed by atoms with Gasteiger partial charge in [-0.3, -0.25) is 9.79 Å². The van der Waals surface area contributed by atoms with Gasteiger partial charge in [-0.2, -0.15) is 23.7 Å². The molecule has 1 aliphatic heterocycles. The number of hydrogen-bond acceptors (Lipinski definition) is 6. The second-order valence-electron chi connectivity index (χ2n) is 7.25. The Kier molecular flexibility index (Phi) is 5.44. The van der Waals surface area contributed by atoms with Crippen LogP contribution >= 0.6 is 0 Å². The van der Waals surface area contributed by atoms with Gasteiger partial charge in [0.1, 0.15) is 17.2 Å². The van der Waals surface area contributed by atoms with Crippen LogP contribution in [0.1, 0.15) is 29.0 Å². The van der Waals surface area contributed by atoms with Crippen molar-refractivity contribution in [3.8, 4) is 12.1 Å². The Hall–Kier alpha value is -4.44. The van der Waals surface area contributed by atoms with Crippen LogP contribution in [0, 0.1) is 28.6 Å². The Bertz CT molecular complexity index is 1390. The number of nitrogens with one attached hydrogen (secondary N) is 1. The van der Waals surface area contributed by atoms with Crippen molar-refractivity contribution in [3.63, 3.8) is 0 Å². The molecule has 0 aliphatic carbocycles. The Morgan fingerprint density at radius 3 is 2.55 bits per heavy atom. The van der Waals surface area contributed by atoms with E-state index in [9.17, 15) is 28.5 Å². The summed E-state index contributed by atoms with van der Waals surface area (Å²) in [7, 11) is 0.